The number of nitrogens with zero attached hydrogens (tertiary/aromatic N) is 2. The first kappa shape index (κ1) is 16.7. The van der Waals surface area contributed by atoms with Crippen molar-refractivity contribution in [2.75, 3.05) is 10.6 Å². The maximum absolute atomic E-state index is 4.72. The fourth-order valence-electron chi connectivity index (χ4n) is 3.01. The number of aromatic nitrogens is 2. The molecule has 1 aromatic heterocycles. The van der Waals surface area contributed by atoms with Crippen LogP contribution in [0.3, 0.4) is 0 Å². The molecule has 0 radical (unpaired) electrons. The lowest BCUT2D eigenvalue weighted by Crippen LogP contribution is -2.27. The molecule has 0 aliphatic heterocycles. The standard InChI is InChI=1S/C20H28N4/c1-12-9-13(2)18(14(3)10-12)22-17-11-16(15-7-8-15)21-19(23-17)24-20(4,5)6/h9-11,15H,7-8H2,1-6H3,(H2,21,22,23,24). The average Bonchev–Trinajstić information content (AvgIpc) is 3.25. The molecule has 128 valence electrons. The van der Waals surface area contributed by atoms with Crippen LogP contribution in [0.15, 0.2) is 18.2 Å². The van der Waals surface area contributed by atoms with Crippen LogP contribution in [0.5, 0.6) is 0 Å². The highest BCUT2D eigenvalue weighted by Gasteiger charge is 2.27. The molecule has 4 heteroatoms. The largest absolute Gasteiger partial charge is 0.350 e. The second kappa shape index (κ2) is 6.08. The summed E-state index contributed by atoms with van der Waals surface area (Å²) in [7, 11) is 0. The molecule has 0 unspecified atom stereocenters. The third kappa shape index (κ3) is 4.05. The number of rotatable bonds is 4. The smallest absolute Gasteiger partial charge is 0.225 e. The van der Waals surface area contributed by atoms with Gasteiger partial charge < -0.3 is 10.6 Å². The van der Waals surface area contributed by atoms with Gasteiger partial charge in [0.05, 0.1) is 5.69 Å². The Morgan fingerprint density at radius 3 is 2.12 bits per heavy atom. The first-order chi connectivity index (χ1) is 11.2. The monoisotopic (exact) mass is 324 g/mol. The Labute approximate surface area is 145 Å². The summed E-state index contributed by atoms with van der Waals surface area (Å²) in [4.78, 5) is 9.41. The van der Waals surface area contributed by atoms with Crippen LogP contribution in [-0.4, -0.2) is 15.5 Å². The van der Waals surface area contributed by atoms with Crippen molar-refractivity contribution in [3.63, 3.8) is 0 Å². The Morgan fingerprint density at radius 1 is 0.958 bits per heavy atom. The van der Waals surface area contributed by atoms with Crippen LogP contribution in [0, 0.1) is 20.8 Å². The molecular weight excluding hydrogens is 296 g/mol. The molecule has 2 N–H and O–H groups in total. The molecule has 3 rings (SSSR count). The van der Waals surface area contributed by atoms with Gasteiger partial charge in [0.1, 0.15) is 5.82 Å². The zero-order valence-electron chi connectivity index (χ0n) is 15.6. The molecule has 0 bridgehead atoms. The van der Waals surface area contributed by atoms with Gasteiger partial charge in [-0.25, -0.2) is 4.98 Å². The maximum Gasteiger partial charge on any atom is 0.225 e. The summed E-state index contributed by atoms with van der Waals surface area (Å²) in [6.07, 6.45) is 2.46. The molecule has 0 spiro atoms. The van der Waals surface area contributed by atoms with Crippen LogP contribution in [0.2, 0.25) is 0 Å². The van der Waals surface area contributed by atoms with Crippen molar-refractivity contribution in [1.29, 1.82) is 0 Å². The molecule has 24 heavy (non-hydrogen) atoms. The van der Waals surface area contributed by atoms with Gasteiger partial charge in [0.2, 0.25) is 5.95 Å². The van der Waals surface area contributed by atoms with E-state index in [9.17, 15) is 0 Å². The number of anilines is 3. The van der Waals surface area contributed by atoms with Crippen molar-refractivity contribution in [2.24, 2.45) is 0 Å². The molecule has 4 nitrogen and oxygen atoms in total. The molecule has 0 amide bonds. The van der Waals surface area contributed by atoms with Gasteiger partial charge in [0.25, 0.3) is 0 Å². The van der Waals surface area contributed by atoms with E-state index in [2.05, 4.69) is 70.4 Å². The average molecular weight is 324 g/mol. The summed E-state index contributed by atoms with van der Waals surface area (Å²) in [6.45, 7) is 12.8. The third-order valence-electron chi connectivity index (χ3n) is 4.16. The van der Waals surface area contributed by atoms with E-state index >= 15 is 0 Å². The van der Waals surface area contributed by atoms with Gasteiger partial charge in [-0.15, -0.1) is 0 Å². The van der Waals surface area contributed by atoms with Gasteiger partial charge in [-0.1, -0.05) is 17.7 Å². The van der Waals surface area contributed by atoms with Gasteiger partial charge in [-0.05, 0) is 65.5 Å². The molecule has 1 aliphatic carbocycles. The van der Waals surface area contributed by atoms with Crippen LogP contribution in [0.4, 0.5) is 17.5 Å². The van der Waals surface area contributed by atoms with Crippen LogP contribution in [0.25, 0.3) is 0 Å². The Balaban J connectivity index is 1.95. The van der Waals surface area contributed by atoms with E-state index in [0.29, 0.717) is 11.9 Å². The minimum absolute atomic E-state index is 0.0604. The van der Waals surface area contributed by atoms with Crippen molar-refractivity contribution in [3.8, 4) is 0 Å². The van der Waals surface area contributed by atoms with Gasteiger partial charge in [0, 0.05) is 23.2 Å². The van der Waals surface area contributed by atoms with E-state index in [1.165, 1.54) is 29.5 Å². The molecule has 1 fully saturated rings. The predicted molar refractivity (Wildman–Crippen MR) is 101 cm³/mol. The summed E-state index contributed by atoms with van der Waals surface area (Å²) in [5, 5.41) is 6.93. The summed E-state index contributed by atoms with van der Waals surface area (Å²) < 4.78 is 0. The SMILES string of the molecule is Cc1cc(C)c(Nc2cc(C3CC3)nc(NC(C)(C)C)n2)c(C)c1. The van der Waals surface area contributed by atoms with Gasteiger partial charge in [0.15, 0.2) is 0 Å². The predicted octanol–water partition coefficient (Wildman–Crippen LogP) is 5.23. The van der Waals surface area contributed by atoms with Crippen molar-refractivity contribution in [2.45, 2.75) is 65.8 Å². The highest BCUT2D eigenvalue weighted by atomic mass is 15.2. The Hall–Kier alpha value is -2.10. The molecular formula is C20H28N4. The first-order valence-electron chi connectivity index (χ1n) is 8.73. The van der Waals surface area contributed by atoms with Crippen molar-refractivity contribution >= 4 is 17.5 Å². The summed E-state index contributed by atoms with van der Waals surface area (Å²) in [5.41, 5.74) is 5.99. The van der Waals surface area contributed by atoms with Crippen LogP contribution in [-0.2, 0) is 0 Å². The summed E-state index contributed by atoms with van der Waals surface area (Å²) >= 11 is 0. The Bertz CT molecular complexity index is 732. The first-order valence-corrected chi connectivity index (χ1v) is 8.73. The van der Waals surface area contributed by atoms with Crippen LogP contribution in [0.1, 0.15) is 61.9 Å². The summed E-state index contributed by atoms with van der Waals surface area (Å²) in [6, 6.07) is 6.50. The number of nitrogens with one attached hydrogen (secondary N) is 2. The molecule has 1 saturated carbocycles. The molecule has 1 heterocycles. The van der Waals surface area contributed by atoms with E-state index in [1.54, 1.807) is 0 Å². The summed E-state index contributed by atoms with van der Waals surface area (Å²) in [5.74, 6) is 2.17. The van der Waals surface area contributed by atoms with E-state index in [-0.39, 0.29) is 5.54 Å². The van der Waals surface area contributed by atoms with Gasteiger partial charge >= 0.3 is 0 Å². The van der Waals surface area contributed by atoms with Crippen LogP contribution < -0.4 is 10.6 Å². The lowest BCUT2D eigenvalue weighted by atomic mass is 10.1. The highest BCUT2D eigenvalue weighted by Crippen LogP contribution is 2.40. The Morgan fingerprint density at radius 2 is 1.58 bits per heavy atom. The van der Waals surface area contributed by atoms with E-state index < -0.39 is 0 Å². The molecule has 0 atom stereocenters. The number of hydrogen-bond donors (Lipinski definition) is 2. The zero-order chi connectivity index (χ0) is 17.5. The topological polar surface area (TPSA) is 49.8 Å². The molecule has 1 aliphatic rings. The second-order valence-electron chi connectivity index (χ2n) is 8.05. The fourth-order valence-corrected chi connectivity index (χ4v) is 3.01. The van der Waals surface area contributed by atoms with Gasteiger partial charge in [-0.2, -0.15) is 4.98 Å². The lowest BCUT2D eigenvalue weighted by Gasteiger charge is -2.22. The van der Waals surface area contributed by atoms with Gasteiger partial charge in [-0.3, -0.25) is 0 Å². The normalized spacial score (nSPS) is 14.6. The maximum atomic E-state index is 4.72. The minimum atomic E-state index is -0.0604. The second-order valence-corrected chi connectivity index (χ2v) is 8.05. The van der Waals surface area contributed by atoms with E-state index in [0.717, 1.165) is 17.2 Å². The fraction of sp³-hybridized carbons (Fsp3) is 0.500. The molecule has 0 saturated heterocycles. The van der Waals surface area contributed by atoms with E-state index in [4.69, 9.17) is 9.97 Å². The van der Waals surface area contributed by atoms with E-state index in [1.807, 2.05) is 0 Å². The zero-order valence-corrected chi connectivity index (χ0v) is 15.6. The van der Waals surface area contributed by atoms with Crippen molar-refractivity contribution in [3.05, 3.63) is 40.6 Å². The number of aryl methyl sites for hydroxylation is 3. The van der Waals surface area contributed by atoms with Crippen molar-refractivity contribution in [1.82, 2.24) is 9.97 Å². The number of hydrogen-bond acceptors (Lipinski definition) is 4. The third-order valence-corrected chi connectivity index (χ3v) is 4.16. The lowest BCUT2D eigenvalue weighted by molar-refractivity contribution is 0.625. The Kier molecular flexibility index (Phi) is 4.24. The van der Waals surface area contributed by atoms with Crippen LogP contribution >= 0.6 is 0 Å². The minimum Gasteiger partial charge on any atom is -0.350 e. The highest BCUT2D eigenvalue weighted by molar-refractivity contribution is 5.66. The number of benzene rings is 1. The molecule has 2 aromatic rings. The quantitative estimate of drug-likeness (QED) is 0.808. The van der Waals surface area contributed by atoms with Crippen molar-refractivity contribution < 1.29 is 0 Å². The molecule has 1 aromatic carbocycles.